The number of aromatic amines is 1. The van der Waals surface area contributed by atoms with Gasteiger partial charge in [0.1, 0.15) is 11.5 Å². The fourth-order valence-electron chi connectivity index (χ4n) is 2.92. The first-order chi connectivity index (χ1) is 13.3. The number of nitrogens with one attached hydrogen (secondary N) is 3. The number of anilines is 2. The SMILES string of the molecule is O=C(Nc1ccccc1)c1cnc(NCCc2c[nH]c3ccccc23)cn1. The van der Waals surface area contributed by atoms with Gasteiger partial charge in [-0.2, -0.15) is 0 Å². The van der Waals surface area contributed by atoms with E-state index >= 15 is 0 Å². The molecule has 0 radical (unpaired) electrons. The molecule has 2 aromatic heterocycles. The standard InChI is InChI=1S/C21H19N5O/c27-21(26-16-6-2-1-3-7-16)19-13-25-20(14-24-19)22-11-10-15-12-23-18-9-5-4-8-17(15)18/h1-9,12-14,23H,10-11H2,(H,22,25)(H,26,27). The number of hydrogen-bond acceptors (Lipinski definition) is 4. The Labute approximate surface area is 156 Å². The van der Waals surface area contributed by atoms with Crippen LogP contribution in [0.1, 0.15) is 16.1 Å². The highest BCUT2D eigenvalue weighted by Crippen LogP contribution is 2.18. The zero-order valence-corrected chi connectivity index (χ0v) is 14.6. The first-order valence-corrected chi connectivity index (χ1v) is 8.77. The second-order valence-electron chi connectivity index (χ2n) is 6.14. The van der Waals surface area contributed by atoms with E-state index in [0.29, 0.717) is 5.82 Å². The van der Waals surface area contributed by atoms with E-state index in [1.807, 2.05) is 48.7 Å². The Morgan fingerprint density at radius 1 is 0.963 bits per heavy atom. The number of aromatic nitrogens is 3. The normalized spacial score (nSPS) is 10.7. The summed E-state index contributed by atoms with van der Waals surface area (Å²) in [7, 11) is 0. The molecule has 0 aliphatic carbocycles. The number of benzene rings is 2. The predicted octanol–water partition coefficient (Wildman–Crippen LogP) is 3.86. The summed E-state index contributed by atoms with van der Waals surface area (Å²) < 4.78 is 0. The molecular weight excluding hydrogens is 338 g/mol. The van der Waals surface area contributed by atoms with Crippen molar-refractivity contribution in [1.29, 1.82) is 0 Å². The van der Waals surface area contributed by atoms with Gasteiger partial charge < -0.3 is 15.6 Å². The summed E-state index contributed by atoms with van der Waals surface area (Å²) in [5.41, 5.74) is 3.40. The molecule has 1 amide bonds. The van der Waals surface area contributed by atoms with Gasteiger partial charge in [-0.05, 0) is 30.2 Å². The monoisotopic (exact) mass is 357 g/mol. The van der Waals surface area contributed by atoms with Crippen LogP contribution in [0.2, 0.25) is 0 Å². The minimum atomic E-state index is -0.279. The number of fused-ring (bicyclic) bond motifs is 1. The lowest BCUT2D eigenvalue weighted by molar-refractivity contribution is 0.102. The number of amides is 1. The van der Waals surface area contributed by atoms with Crippen molar-refractivity contribution < 1.29 is 4.79 Å². The van der Waals surface area contributed by atoms with Crippen molar-refractivity contribution in [3.8, 4) is 0 Å². The second kappa shape index (κ2) is 7.70. The highest BCUT2D eigenvalue weighted by molar-refractivity contribution is 6.02. The summed E-state index contributed by atoms with van der Waals surface area (Å²) in [6, 6.07) is 17.5. The van der Waals surface area contributed by atoms with E-state index in [4.69, 9.17) is 0 Å². The molecule has 6 heteroatoms. The van der Waals surface area contributed by atoms with Crippen molar-refractivity contribution in [3.05, 3.63) is 84.4 Å². The van der Waals surface area contributed by atoms with Crippen molar-refractivity contribution in [2.75, 3.05) is 17.2 Å². The van der Waals surface area contributed by atoms with Crippen molar-refractivity contribution in [3.63, 3.8) is 0 Å². The van der Waals surface area contributed by atoms with Crippen LogP contribution in [0.15, 0.2) is 73.2 Å². The number of carbonyl (C=O) groups excluding carboxylic acids is 1. The Hall–Kier alpha value is -3.67. The van der Waals surface area contributed by atoms with Crippen molar-refractivity contribution in [2.24, 2.45) is 0 Å². The number of rotatable bonds is 6. The van der Waals surface area contributed by atoms with E-state index in [1.54, 1.807) is 6.20 Å². The summed E-state index contributed by atoms with van der Waals surface area (Å²) in [6.07, 6.45) is 5.96. The molecule has 0 spiro atoms. The molecule has 0 atom stereocenters. The average molecular weight is 357 g/mol. The zero-order chi connectivity index (χ0) is 18.5. The second-order valence-corrected chi connectivity index (χ2v) is 6.14. The van der Waals surface area contributed by atoms with Crippen LogP contribution in [0.25, 0.3) is 10.9 Å². The van der Waals surface area contributed by atoms with E-state index in [0.717, 1.165) is 24.2 Å². The first kappa shape index (κ1) is 16.8. The summed E-state index contributed by atoms with van der Waals surface area (Å²) >= 11 is 0. The molecule has 2 aromatic carbocycles. The molecule has 4 rings (SSSR count). The number of H-pyrrole nitrogens is 1. The molecule has 0 bridgehead atoms. The number of nitrogens with zero attached hydrogens (tertiary/aromatic N) is 2. The molecule has 2 heterocycles. The van der Waals surface area contributed by atoms with Gasteiger partial charge in [-0.15, -0.1) is 0 Å². The zero-order valence-electron chi connectivity index (χ0n) is 14.6. The van der Waals surface area contributed by atoms with Crippen LogP contribution in [-0.2, 0) is 6.42 Å². The first-order valence-electron chi connectivity index (χ1n) is 8.77. The number of carbonyl (C=O) groups is 1. The van der Waals surface area contributed by atoms with E-state index in [9.17, 15) is 4.79 Å². The lowest BCUT2D eigenvalue weighted by Gasteiger charge is -2.07. The molecule has 0 aliphatic heterocycles. The molecule has 0 saturated carbocycles. The van der Waals surface area contributed by atoms with E-state index in [-0.39, 0.29) is 11.6 Å². The topological polar surface area (TPSA) is 82.7 Å². The molecule has 0 saturated heterocycles. The molecule has 0 fully saturated rings. The van der Waals surface area contributed by atoms with Gasteiger partial charge >= 0.3 is 0 Å². The fraction of sp³-hybridized carbons (Fsp3) is 0.0952. The third kappa shape index (κ3) is 3.95. The molecule has 4 aromatic rings. The number of hydrogen-bond donors (Lipinski definition) is 3. The lowest BCUT2D eigenvalue weighted by Crippen LogP contribution is -2.14. The smallest absolute Gasteiger partial charge is 0.275 e. The highest BCUT2D eigenvalue weighted by atomic mass is 16.1. The maximum atomic E-state index is 12.2. The molecular formula is C21H19N5O. The molecule has 0 aliphatic rings. The third-order valence-corrected chi connectivity index (χ3v) is 4.29. The summed E-state index contributed by atoms with van der Waals surface area (Å²) in [5.74, 6) is 0.366. The highest BCUT2D eigenvalue weighted by Gasteiger charge is 2.08. The lowest BCUT2D eigenvalue weighted by atomic mass is 10.1. The van der Waals surface area contributed by atoms with Gasteiger partial charge in [0.25, 0.3) is 5.91 Å². The van der Waals surface area contributed by atoms with E-state index < -0.39 is 0 Å². The molecule has 3 N–H and O–H groups in total. The van der Waals surface area contributed by atoms with Crippen LogP contribution in [0, 0.1) is 0 Å². The van der Waals surface area contributed by atoms with Gasteiger partial charge in [0, 0.05) is 29.3 Å². The summed E-state index contributed by atoms with van der Waals surface area (Å²) in [5, 5.41) is 7.27. The largest absolute Gasteiger partial charge is 0.368 e. The Morgan fingerprint density at radius 3 is 2.59 bits per heavy atom. The van der Waals surface area contributed by atoms with Gasteiger partial charge in [-0.3, -0.25) is 4.79 Å². The van der Waals surface area contributed by atoms with Gasteiger partial charge in [0.15, 0.2) is 0 Å². The van der Waals surface area contributed by atoms with Gasteiger partial charge in [-0.25, -0.2) is 9.97 Å². The molecule has 134 valence electrons. The Balaban J connectivity index is 1.33. The van der Waals surface area contributed by atoms with Crippen LogP contribution < -0.4 is 10.6 Å². The quantitative estimate of drug-likeness (QED) is 0.489. The predicted molar refractivity (Wildman–Crippen MR) is 107 cm³/mol. The van der Waals surface area contributed by atoms with Gasteiger partial charge in [0.2, 0.25) is 0 Å². The molecule has 6 nitrogen and oxygen atoms in total. The molecule has 27 heavy (non-hydrogen) atoms. The Morgan fingerprint density at radius 2 is 1.78 bits per heavy atom. The summed E-state index contributed by atoms with van der Waals surface area (Å²) in [6.45, 7) is 0.728. The van der Waals surface area contributed by atoms with Crippen molar-refractivity contribution in [2.45, 2.75) is 6.42 Å². The van der Waals surface area contributed by atoms with Gasteiger partial charge in [-0.1, -0.05) is 36.4 Å². The van der Waals surface area contributed by atoms with Crippen molar-refractivity contribution >= 4 is 28.3 Å². The van der Waals surface area contributed by atoms with Gasteiger partial charge in [0.05, 0.1) is 12.4 Å². The minimum Gasteiger partial charge on any atom is -0.368 e. The average Bonchev–Trinajstić information content (AvgIpc) is 3.12. The minimum absolute atomic E-state index is 0.279. The maximum Gasteiger partial charge on any atom is 0.275 e. The maximum absolute atomic E-state index is 12.2. The third-order valence-electron chi connectivity index (χ3n) is 4.29. The Kier molecular flexibility index (Phi) is 4.78. The van der Waals surface area contributed by atoms with E-state index in [1.165, 1.54) is 17.1 Å². The molecule has 0 unspecified atom stereocenters. The van der Waals surface area contributed by atoms with Crippen LogP contribution in [0.5, 0.6) is 0 Å². The fourth-order valence-corrected chi connectivity index (χ4v) is 2.92. The number of para-hydroxylation sites is 2. The van der Waals surface area contributed by atoms with E-state index in [2.05, 4.69) is 37.7 Å². The van der Waals surface area contributed by atoms with Crippen LogP contribution in [-0.4, -0.2) is 27.4 Å². The summed E-state index contributed by atoms with van der Waals surface area (Å²) in [4.78, 5) is 23.9. The van der Waals surface area contributed by atoms with Crippen LogP contribution in [0.3, 0.4) is 0 Å². The van der Waals surface area contributed by atoms with Crippen molar-refractivity contribution in [1.82, 2.24) is 15.0 Å². The van der Waals surface area contributed by atoms with Crippen LogP contribution in [0.4, 0.5) is 11.5 Å². The Bertz CT molecular complexity index is 1040. The van der Waals surface area contributed by atoms with Crippen LogP contribution >= 0.6 is 0 Å².